The number of nitrogens with zero attached hydrogens (tertiary/aromatic N) is 1. The highest BCUT2D eigenvalue weighted by atomic mass is 16.6. The van der Waals surface area contributed by atoms with E-state index in [-0.39, 0.29) is 0 Å². The first-order chi connectivity index (χ1) is 9.24. The molecule has 2 aromatic carbocycles. The molecule has 0 spiro atoms. The third-order valence-corrected chi connectivity index (χ3v) is 2.44. The lowest BCUT2D eigenvalue weighted by molar-refractivity contribution is 0.312. The zero-order valence-corrected chi connectivity index (χ0v) is 10.1. The maximum absolute atomic E-state index is 8.11. The third-order valence-electron chi connectivity index (χ3n) is 2.44. The standard InChI is InChI=1S/C12H14N4.HNO2/c13-15-11-5-1-9(2-6-11)10-3-7-12(16-14)8-4-10;2-1-3/h1-8,15-16H,13-14H2;(H,2,3). The number of nitrogen functional groups attached to an aromatic ring is 2. The average molecular weight is 261 g/mol. The second-order valence-electron chi connectivity index (χ2n) is 3.53. The van der Waals surface area contributed by atoms with Gasteiger partial charge in [0.15, 0.2) is 5.34 Å². The predicted molar refractivity (Wildman–Crippen MR) is 75.1 cm³/mol. The van der Waals surface area contributed by atoms with E-state index in [1.54, 1.807) is 0 Å². The summed E-state index contributed by atoms with van der Waals surface area (Å²) >= 11 is 0. The number of hydrogen-bond acceptors (Lipinski definition) is 6. The molecular formula is C12H15N5O2. The van der Waals surface area contributed by atoms with Gasteiger partial charge in [0.25, 0.3) is 0 Å². The summed E-state index contributed by atoms with van der Waals surface area (Å²) in [7, 11) is 0. The summed E-state index contributed by atoms with van der Waals surface area (Å²) in [6, 6.07) is 15.8. The summed E-state index contributed by atoms with van der Waals surface area (Å²) in [5.41, 5.74) is 9.26. The molecule has 0 amide bonds. The SMILES string of the molecule is NNc1ccc(-c2ccc(NN)cc2)cc1.O=NO. The van der Waals surface area contributed by atoms with Crippen molar-refractivity contribution in [1.82, 2.24) is 0 Å². The van der Waals surface area contributed by atoms with Crippen LogP contribution in [0.15, 0.2) is 53.9 Å². The molecule has 100 valence electrons. The second kappa shape index (κ2) is 7.64. The van der Waals surface area contributed by atoms with Gasteiger partial charge in [-0.3, -0.25) is 11.7 Å². The molecule has 7 heteroatoms. The number of nitrogens with two attached hydrogens (primary N) is 2. The largest absolute Gasteiger partial charge is 0.379 e. The Morgan fingerprint density at radius 1 is 0.789 bits per heavy atom. The van der Waals surface area contributed by atoms with Crippen LogP contribution in [0.4, 0.5) is 11.4 Å². The average Bonchev–Trinajstić information content (AvgIpc) is 2.48. The fraction of sp³-hybridized carbons (Fsp3) is 0. The minimum atomic E-state index is 0.893. The van der Waals surface area contributed by atoms with Crippen LogP contribution in [0.1, 0.15) is 0 Å². The normalized spacial score (nSPS) is 8.95. The van der Waals surface area contributed by atoms with Crippen molar-refractivity contribution in [2.24, 2.45) is 17.0 Å². The summed E-state index contributed by atoms with van der Waals surface area (Å²) in [4.78, 5) is 8.11. The Kier molecular flexibility index (Phi) is 5.80. The quantitative estimate of drug-likeness (QED) is 0.327. The highest BCUT2D eigenvalue weighted by molar-refractivity contribution is 5.67. The van der Waals surface area contributed by atoms with Crippen LogP contribution in [-0.4, -0.2) is 5.21 Å². The molecule has 0 aliphatic rings. The maximum atomic E-state index is 8.11. The minimum Gasteiger partial charge on any atom is -0.379 e. The van der Waals surface area contributed by atoms with Crippen molar-refractivity contribution in [3.63, 3.8) is 0 Å². The molecule has 0 saturated carbocycles. The molecule has 7 N–H and O–H groups in total. The Morgan fingerprint density at radius 2 is 1.05 bits per heavy atom. The Balaban J connectivity index is 0.000000550. The van der Waals surface area contributed by atoms with Crippen molar-refractivity contribution in [3.05, 3.63) is 53.4 Å². The Hall–Kier alpha value is -2.64. The van der Waals surface area contributed by atoms with Gasteiger partial charge in [-0.05, 0) is 35.4 Å². The van der Waals surface area contributed by atoms with E-state index in [0.717, 1.165) is 22.5 Å². The summed E-state index contributed by atoms with van der Waals surface area (Å²) in [6.45, 7) is 0. The fourth-order valence-electron chi connectivity index (χ4n) is 1.52. The predicted octanol–water partition coefficient (Wildman–Crippen LogP) is 2.07. The first kappa shape index (κ1) is 14.4. The number of anilines is 2. The van der Waals surface area contributed by atoms with Gasteiger partial charge in [-0.2, -0.15) is 0 Å². The van der Waals surface area contributed by atoms with E-state index in [4.69, 9.17) is 21.8 Å². The number of nitrogens with one attached hydrogen (secondary N) is 2. The van der Waals surface area contributed by atoms with E-state index in [0.29, 0.717) is 0 Å². The summed E-state index contributed by atoms with van der Waals surface area (Å²) in [5, 5.41) is 7.89. The van der Waals surface area contributed by atoms with Crippen LogP contribution in [0.5, 0.6) is 0 Å². The van der Waals surface area contributed by atoms with Gasteiger partial charge in [0.05, 0.1) is 0 Å². The van der Waals surface area contributed by atoms with Crippen molar-refractivity contribution in [3.8, 4) is 11.1 Å². The zero-order valence-electron chi connectivity index (χ0n) is 10.1. The van der Waals surface area contributed by atoms with Crippen LogP contribution >= 0.6 is 0 Å². The molecule has 0 unspecified atom stereocenters. The van der Waals surface area contributed by atoms with Gasteiger partial charge in [-0.1, -0.05) is 24.3 Å². The van der Waals surface area contributed by atoms with E-state index >= 15 is 0 Å². The molecule has 0 fully saturated rings. The third kappa shape index (κ3) is 4.26. The molecule has 0 aliphatic heterocycles. The van der Waals surface area contributed by atoms with Gasteiger partial charge < -0.3 is 16.1 Å². The first-order valence-corrected chi connectivity index (χ1v) is 5.35. The summed E-state index contributed by atoms with van der Waals surface area (Å²) in [5.74, 6) is 10.6. The highest BCUT2D eigenvalue weighted by Crippen LogP contribution is 2.22. The van der Waals surface area contributed by atoms with Crippen molar-refractivity contribution in [2.75, 3.05) is 10.9 Å². The van der Waals surface area contributed by atoms with Crippen LogP contribution in [0.3, 0.4) is 0 Å². The lowest BCUT2D eigenvalue weighted by Gasteiger charge is -2.05. The van der Waals surface area contributed by atoms with E-state index in [2.05, 4.69) is 10.9 Å². The Labute approximate surface area is 110 Å². The van der Waals surface area contributed by atoms with Crippen molar-refractivity contribution >= 4 is 11.4 Å². The molecule has 0 saturated heterocycles. The molecule has 0 aliphatic carbocycles. The van der Waals surface area contributed by atoms with Gasteiger partial charge in [-0.15, -0.1) is 4.91 Å². The molecule has 0 bridgehead atoms. The molecule has 2 aromatic rings. The van der Waals surface area contributed by atoms with Gasteiger partial charge in [0.2, 0.25) is 0 Å². The van der Waals surface area contributed by atoms with E-state index in [1.165, 1.54) is 5.34 Å². The van der Waals surface area contributed by atoms with Crippen LogP contribution in [0.25, 0.3) is 11.1 Å². The highest BCUT2D eigenvalue weighted by Gasteiger charge is 1.97. The van der Waals surface area contributed by atoms with Gasteiger partial charge in [0, 0.05) is 11.4 Å². The molecule has 2 rings (SSSR count). The monoisotopic (exact) mass is 261 g/mol. The van der Waals surface area contributed by atoms with Gasteiger partial charge >= 0.3 is 0 Å². The fourth-order valence-corrected chi connectivity index (χ4v) is 1.52. The molecule has 0 aromatic heterocycles. The van der Waals surface area contributed by atoms with Crippen LogP contribution in [0, 0.1) is 4.91 Å². The number of hydrogen-bond donors (Lipinski definition) is 5. The molecule has 0 radical (unpaired) electrons. The van der Waals surface area contributed by atoms with Crippen LogP contribution < -0.4 is 22.5 Å². The molecular weight excluding hydrogens is 246 g/mol. The van der Waals surface area contributed by atoms with Crippen molar-refractivity contribution in [2.45, 2.75) is 0 Å². The van der Waals surface area contributed by atoms with E-state index in [1.807, 2.05) is 48.5 Å². The number of rotatable bonds is 3. The van der Waals surface area contributed by atoms with E-state index < -0.39 is 0 Å². The zero-order chi connectivity index (χ0) is 14.1. The van der Waals surface area contributed by atoms with Crippen LogP contribution in [-0.2, 0) is 0 Å². The molecule has 0 heterocycles. The van der Waals surface area contributed by atoms with Crippen molar-refractivity contribution in [1.29, 1.82) is 0 Å². The minimum absolute atomic E-state index is 0.893. The van der Waals surface area contributed by atoms with Crippen molar-refractivity contribution < 1.29 is 5.21 Å². The molecule has 0 atom stereocenters. The number of hydrazine groups is 2. The smallest absolute Gasteiger partial charge is 0.152 e. The van der Waals surface area contributed by atoms with Gasteiger partial charge in [0.1, 0.15) is 0 Å². The lowest BCUT2D eigenvalue weighted by atomic mass is 10.1. The Morgan fingerprint density at radius 3 is 1.26 bits per heavy atom. The molecule has 7 nitrogen and oxygen atoms in total. The lowest BCUT2D eigenvalue weighted by Crippen LogP contribution is -2.06. The second-order valence-corrected chi connectivity index (χ2v) is 3.53. The Bertz CT molecular complexity index is 453. The summed E-state index contributed by atoms with van der Waals surface area (Å²) < 4.78 is 0. The number of benzene rings is 2. The topological polar surface area (TPSA) is 126 Å². The molecule has 19 heavy (non-hydrogen) atoms. The van der Waals surface area contributed by atoms with Gasteiger partial charge in [-0.25, -0.2) is 0 Å². The summed E-state index contributed by atoms with van der Waals surface area (Å²) in [6.07, 6.45) is 0. The van der Waals surface area contributed by atoms with E-state index in [9.17, 15) is 0 Å². The first-order valence-electron chi connectivity index (χ1n) is 5.35. The maximum Gasteiger partial charge on any atom is 0.152 e. The van der Waals surface area contributed by atoms with Crippen LogP contribution in [0.2, 0.25) is 0 Å².